The van der Waals surface area contributed by atoms with Crippen LogP contribution < -0.4 is 0 Å². The van der Waals surface area contributed by atoms with Gasteiger partial charge < -0.3 is 0 Å². The second-order valence-corrected chi connectivity index (χ2v) is 1.48. The Morgan fingerprint density at radius 2 is 2.50 bits per heavy atom. The highest BCUT2D eigenvalue weighted by Gasteiger charge is 1.73. The van der Waals surface area contributed by atoms with E-state index in [0.717, 1.165) is 0 Å². The molecule has 0 aromatic rings. The summed E-state index contributed by atoms with van der Waals surface area (Å²) >= 11 is 3.71. The molecule has 0 fully saturated rings. The van der Waals surface area contributed by atoms with Gasteiger partial charge in [0, 0.05) is 0 Å². The summed E-state index contributed by atoms with van der Waals surface area (Å²) < 4.78 is 0. The molecular formula is C3H4NPS. The summed E-state index contributed by atoms with van der Waals surface area (Å²) in [5.74, 6) is 1.56. The van der Waals surface area contributed by atoms with Gasteiger partial charge in [0.05, 0.1) is 4.91 Å². The molecule has 0 heterocycles. The Morgan fingerprint density at radius 3 is 2.50 bits per heavy atom. The maximum Gasteiger partial charge on any atom is 0.106 e. The Bertz CT molecular complexity index is 102. The molecule has 0 aliphatic rings. The van der Waals surface area contributed by atoms with E-state index in [1.807, 2.05) is 6.07 Å². The molecule has 0 amide bonds. The van der Waals surface area contributed by atoms with Gasteiger partial charge in [-0.3, -0.25) is 0 Å². The number of nitriles is 1. The van der Waals surface area contributed by atoms with Gasteiger partial charge in [-0.1, -0.05) is 0 Å². The van der Waals surface area contributed by atoms with Gasteiger partial charge in [-0.05, 0) is 5.82 Å². The first-order valence-corrected chi connectivity index (χ1v) is 2.43. The van der Waals surface area contributed by atoms with Crippen molar-refractivity contribution in [2.75, 3.05) is 0 Å². The van der Waals surface area contributed by atoms with Crippen LogP contribution in [0.25, 0.3) is 0 Å². The van der Waals surface area contributed by atoms with Crippen molar-refractivity contribution in [1.29, 1.82) is 5.26 Å². The first kappa shape index (κ1) is 6.01. The number of hydrogen-bond donors (Lipinski definition) is 1. The zero-order valence-corrected chi connectivity index (χ0v) is 5.10. The molecule has 0 aromatic heterocycles. The molecule has 0 rings (SSSR count). The zero-order chi connectivity index (χ0) is 4.99. The smallest absolute Gasteiger partial charge is 0.106 e. The van der Waals surface area contributed by atoms with E-state index < -0.39 is 0 Å². The van der Waals surface area contributed by atoms with Crippen LogP contribution in [0, 0.1) is 11.3 Å². The van der Waals surface area contributed by atoms with E-state index in [2.05, 4.69) is 21.9 Å². The van der Waals surface area contributed by atoms with Crippen LogP contribution in [-0.2, 0) is 0 Å². The van der Waals surface area contributed by atoms with E-state index in [1.165, 1.54) is 0 Å². The van der Waals surface area contributed by atoms with Crippen LogP contribution in [0.15, 0.2) is 10.7 Å². The molecule has 1 unspecified atom stereocenters. The van der Waals surface area contributed by atoms with E-state index >= 15 is 0 Å². The molecule has 0 radical (unpaired) electrons. The van der Waals surface area contributed by atoms with Crippen LogP contribution in [0.1, 0.15) is 0 Å². The van der Waals surface area contributed by atoms with Crippen LogP contribution in [0.3, 0.4) is 0 Å². The maximum absolute atomic E-state index is 7.93. The average Bonchev–Trinajstić information content (AvgIpc) is 1.65. The lowest BCUT2D eigenvalue weighted by Crippen LogP contribution is -1.50. The molecule has 32 valence electrons. The number of thiol groups is 1. The minimum atomic E-state index is 0.431. The van der Waals surface area contributed by atoms with Gasteiger partial charge in [-0.2, -0.15) is 5.26 Å². The summed E-state index contributed by atoms with van der Waals surface area (Å²) in [4.78, 5) is 0.431. The molecule has 3 heteroatoms. The fourth-order valence-corrected chi connectivity index (χ4v) is 0.112. The lowest BCUT2D eigenvalue weighted by atomic mass is 10.7. The molecule has 6 heavy (non-hydrogen) atoms. The van der Waals surface area contributed by atoms with Gasteiger partial charge in [0.1, 0.15) is 6.07 Å². The highest BCUT2D eigenvalue weighted by Crippen LogP contribution is 1.99. The number of allylic oxidation sites excluding steroid dienone is 1. The molecule has 0 saturated carbocycles. The minimum absolute atomic E-state index is 0.431. The zero-order valence-electron chi connectivity index (χ0n) is 3.05. The summed E-state index contributed by atoms with van der Waals surface area (Å²) in [6.07, 6.45) is 0. The second-order valence-electron chi connectivity index (χ2n) is 0.664. The molecule has 0 N–H and O–H groups in total. The third kappa shape index (κ3) is 2.26. The average molecular weight is 117 g/mol. The molecule has 0 aliphatic carbocycles. The van der Waals surface area contributed by atoms with Crippen molar-refractivity contribution in [2.24, 2.45) is 0 Å². The van der Waals surface area contributed by atoms with Crippen molar-refractivity contribution < 1.29 is 0 Å². The van der Waals surface area contributed by atoms with E-state index in [0.29, 0.717) is 4.91 Å². The highest BCUT2D eigenvalue weighted by molar-refractivity contribution is 7.85. The summed E-state index contributed by atoms with van der Waals surface area (Å²) in [6.45, 7) is 0. The van der Waals surface area contributed by atoms with Crippen LogP contribution in [0.2, 0.25) is 0 Å². The lowest BCUT2D eigenvalue weighted by molar-refractivity contribution is 1.53. The highest BCUT2D eigenvalue weighted by atomic mass is 32.1. The van der Waals surface area contributed by atoms with Crippen molar-refractivity contribution >= 4 is 21.9 Å². The Balaban J connectivity index is 3.61. The lowest BCUT2D eigenvalue weighted by Gasteiger charge is -1.69. The van der Waals surface area contributed by atoms with Gasteiger partial charge in [-0.15, -0.1) is 21.9 Å². The predicted molar refractivity (Wildman–Crippen MR) is 32.4 cm³/mol. The molecule has 1 nitrogen and oxygen atoms in total. The first-order valence-electron chi connectivity index (χ1n) is 1.32. The number of hydrogen-bond acceptors (Lipinski definition) is 2. The second kappa shape index (κ2) is 3.21. The molecule has 0 aliphatic heterocycles. The Kier molecular flexibility index (Phi) is 3.21. The van der Waals surface area contributed by atoms with Crippen molar-refractivity contribution in [3.63, 3.8) is 0 Å². The van der Waals surface area contributed by atoms with Gasteiger partial charge >= 0.3 is 0 Å². The normalized spacial score (nSPS) is 10.5. The van der Waals surface area contributed by atoms with E-state index in [9.17, 15) is 0 Å². The van der Waals surface area contributed by atoms with Crippen molar-refractivity contribution in [3.8, 4) is 6.07 Å². The summed E-state index contributed by atoms with van der Waals surface area (Å²) in [5.41, 5.74) is 0. The summed E-state index contributed by atoms with van der Waals surface area (Å²) in [6, 6.07) is 1.82. The molecule has 0 saturated heterocycles. The largest absolute Gasteiger partial charge is 0.192 e. The van der Waals surface area contributed by atoms with Crippen LogP contribution in [0.4, 0.5) is 0 Å². The third-order valence-corrected chi connectivity index (χ3v) is 1.14. The fourth-order valence-electron chi connectivity index (χ4n) is 0.0373. The Morgan fingerprint density at radius 1 is 2.00 bits per heavy atom. The van der Waals surface area contributed by atoms with Gasteiger partial charge in [0.15, 0.2) is 0 Å². The summed E-state index contributed by atoms with van der Waals surface area (Å²) in [5, 5.41) is 7.93. The van der Waals surface area contributed by atoms with Crippen LogP contribution in [0.5, 0.6) is 0 Å². The van der Waals surface area contributed by atoms with Crippen molar-refractivity contribution in [3.05, 3.63) is 10.7 Å². The molecule has 0 aromatic carbocycles. The fraction of sp³-hybridized carbons (Fsp3) is 0. The van der Waals surface area contributed by atoms with Crippen LogP contribution in [-0.4, -0.2) is 0 Å². The number of rotatable bonds is 0. The van der Waals surface area contributed by atoms with E-state index in [4.69, 9.17) is 5.26 Å². The monoisotopic (exact) mass is 117 g/mol. The van der Waals surface area contributed by atoms with Crippen molar-refractivity contribution in [1.82, 2.24) is 0 Å². The SMILES string of the molecule is N#CC(S)=CP. The maximum atomic E-state index is 7.93. The third-order valence-electron chi connectivity index (χ3n) is 0.272. The van der Waals surface area contributed by atoms with Gasteiger partial charge in [-0.25, -0.2) is 0 Å². The van der Waals surface area contributed by atoms with Crippen molar-refractivity contribution in [2.45, 2.75) is 0 Å². The molecule has 1 atom stereocenters. The van der Waals surface area contributed by atoms with E-state index in [1.54, 1.807) is 5.82 Å². The topological polar surface area (TPSA) is 23.8 Å². The van der Waals surface area contributed by atoms with Gasteiger partial charge in [0.25, 0.3) is 0 Å². The Labute approximate surface area is 44.7 Å². The van der Waals surface area contributed by atoms with Gasteiger partial charge in [0.2, 0.25) is 0 Å². The first-order chi connectivity index (χ1) is 2.81. The molecule has 0 spiro atoms. The summed E-state index contributed by atoms with van der Waals surface area (Å²) in [7, 11) is 2.28. The Hall–Kier alpha value is 0.01000. The quantitative estimate of drug-likeness (QED) is 0.287. The van der Waals surface area contributed by atoms with E-state index in [-0.39, 0.29) is 0 Å². The molecule has 0 bridgehead atoms. The van der Waals surface area contributed by atoms with Crippen LogP contribution >= 0.6 is 21.9 Å². The minimum Gasteiger partial charge on any atom is -0.192 e. The standard InChI is InChI=1S/C3H4NPS/c4-1-3(6)2-5/h2,6H,5H2. The molecular weight excluding hydrogens is 113 g/mol. The number of nitrogens with zero attached hydrogens (tertiary/aromatic N) is 1. The predicted octanol–water partition coefficient (Wildman–Crippen LogP) is 1.16.